The number of ketones is 1. The number of hydrogen-bond acceptors (Lipinski definition) is 3. The van der Waals surface area contributed by atoms with Crippen LogP contribution in [0.4, 0.5) is 0 Å². The van der Waals surface area contributed by atoms with Crippen molar-refractivity contribution in [2.75, 3.05) is 20.6 Å². The van der Waals surface area contributed by atoms with Crippen LogP contribution in [0.15, 0.2) is 34.9 Å². The first-order chi connectivity index (χ1) is 9.49. The van der Waals surface area contributed by atoms with E-state index in [2.05, 4.69) is 21.0 Å². The van der Waals surface area contributed by atoms with Gasteiger partial charge in [0.1, 0.15) is 5.69 Å². The lowest BCUT2D eigenvalue weighted by Gasteiger charge is -2.11. The van der Waals surface area contributed by atoms with Crippen molar-refractivity contribution >= 4 is 33.3 Å². The average molecular weight is 357 g/mol. The first-order valence-corrected chi connectivity index (χ1v) is 7.32. The smallest absolute Gasteiger partial charge is 0.212 e. The van der Waals surface area contributed by atoms with E-state index in [9.17, 15) is 4.79 Å². The molecule has 0 amide bonds. The topological polar surface area (TPSA) is 38.1 Å². The van der Waals surface area contributed by atoms with Crippen LogP contribution in [0.5, 0.6) is 0 Å². The van der Waals surface area contributed by atoms with Gasteiger partial charge in [-0.2, -0.15) is 5.10 Å². The molecule has 0 spiro atoms. The minimum absolute atomic E-state index is 0.112. The van der Waals surface area contributed by atoms with E-state index in [1.165, 1.54) is 6.20 Å². The zero-order valence-electron chi connectivity index (χ0n) is 11.3. The Labute approximate surface area is 131 Å². The molecule has 0 bridgehead atoms. The van der Waals surface area contributed by atoms with Crippen LogP contribution < -0.4 is 0 Å². The molecule has 6 heteroatoms. The molecule has 0 N–H and O–H groups in total. The van der Waals surface area contributed by atoms with Crippen LogP contribution in [0, 0.1) is 0 Å². The molecule has 106 valence electrons. The van der Waals surface area contributed by atoms with Gasteiger partial charge < -0.3 is 4.90 Å². The highest BCUT2D eigenvalue weighted by Gasteiger charge is 2.19. The summed E-state index contributed by atoms with van der Waals surface area (Å²) in [6.45, 7) is 1.41. The summed E-state index contributed by atoms with van der Waals surface area (Å²) in [5, 5.41) is 4.57. The Morgan fingerprint density at radius 3 is 2.60 bits per heavy atom. The zero-order chi connectivity index (χ0) is 14.7. The fraction of sp³-hybridized carbons (Fsp3) is 0.286. The molecule has 1 heterocycles. The van der Waals surface area contributed by atoms with Gasteiger partial charge in [0.05, 0.1) is 17.8 Å². The maximum atomic E-state index is 12.5. The van der Waals surface area contributed by atoms with Gasteiger partial charge in [-0.15, -0.1) is 0 Å². The summed E-state index contributed by atoms with van der Waals surface area (Å²) in [5.41, 5.74) is 1.04. The molecule has 2 aromatic rings. The van der Waals surface area contributed by atoms with E-state index in [0.29, 0.717) is 22.8 Å². The molecule has 20 heavy (non-hydrogen) atoms. The van der Waals surface area contributed by atoms with Crippen molar-refractivity contribution in [3.63, 3.8) is 0 Å². The van der Waals surface area contributed by atoms with Gasteiger partial charge in [-0.05, 0) is 38.4 Å². The Hall–Kier alpha value is -1.17. The van der Waals surface area contributed by atoms with Crippen molar-refractivity contribution in [2.45, 2.75) is 6.54 Å². The summed E-state index contributed by atoms with van der Waals surface area (Å²) in [5.74, 6) is -0.112. The van der Waals surface area contributed by atoms with Crippen LogP contribution in [0.3, 0.4) is 0 Å². The standard InChI is InChI=1S/C14H15BrClN3O/c1-18(2)7-8-19-13(12(16)9-17-19)14(20)10-3-5-11(15)6-4-10/h3-6,9H,7-8H2,1-2H3. The third-order valence-electron chi connectivity index (χ3n) is 2.88. The molecule has 2 rings (SSSR count). The number of nitrogens with zero attached hydrogens (tertiary/aromatic N) is 3. The van der Waals surface area contributed by atoms with Crippen molar-refractivity contribution in [2.24, 2.45) is 0 Å². The van der Waals surface area contributed by atoms with Gasteiger partial charge in [-0.25, -0.2) is 0 Å². The summed E-state index contributed by atoms with van der Waals surface area (Å²) < 4.78 is 2.59. The Morgan fingerprint density at radius 1 is 1.35 bits per heavy atom. The Bertz CT molecular complexity index is 607. The lowest BCUT2D eigenvalue weighted by molar-refractivity contribution is 0.102. The molecule has 0 fully saturated rings. The molecule has 0 aliphatic heterocycles. The number of carbonyl (C=O) groups excluding carboxylic acids is 1. The summed E-state index contributed by atoms with van der Waals surface area (Å²) in [4.78, 5) is 14.6. The molecule has 1 aromatic carbocycles. The number of carbonyl (C=O) groups is 1. The quantitative estimate of drug-likeness (QED) is 0.773. The summed E-state index contributed by atoms with van der Waals surface area (Å²) in [7, 11) is 3.95. The number of benzene rings is 1. The zero-order valence-corrected chi connectivity index (χ0v) is 13.6. The second-order valence-corrected chi connectivity index (χ2v) is 6.03. The molecule has 0 saturated heterocycles. The van der Waals surface area contributed by atoms with Crippen LogP contribution >= 0.6 is 27.5 Å². The highest BCUT2D eigenvalue weighted by Crippen LogP contribution is 2.20. The van der Waals surface area contributed by atoms with E-state index in [1.54, 1.807) is 16.8 Å². The maximum Gasteiger partial charge on any atom is 0.212 e. The van der Waals surface area contributed by atoms with Crippen molar-refractivity contribution in [3.8, 4) is 0 Å². The number of rotatable bonds is 5. The fourth-order valence-electron chi connectivity index (χ4n) is 1.79. The fourth-order valence-corrected chi connectivity index (χ4v) is 2.28. The van der Waals surface area contributed by atoms with Gasteiger partial charge in [0, 0.05) is 16.6 Å². The van der Waals surface area contributed by atoms with E-state index in [4.69, 9.17) is 11.6 Å². The van der Waals surface area contributed by atoms with Crippen LogP contribution in [0.1, 0.15) is 16.1 Å². The molecule has 4 nitrogen and oxygen atoms in total. The second-order valence-electron chi connectivity index (χ2n) is 4.70. The van der Waals surface area contributed by atoms with Crippen molar-refractivity contribution < 1.29 is 4.79 Å². The molecule has 0 aliphatic carbocycles. The van der Waals surface area contributed by atoms with Crippen molar-refractivity contribution in [1.29, 1.82) is 0 Å². The first-order valence-electron chi connectivity index (χ1n) is 6.15. The van der Waals surface area contributed by atoms with E-state index < -0.39 is 0 Å². The van der Waals surface area contributed by atoms with Crippen molar-refractivity contribution in [3.05, 3.63) is 51.2 Å². The minimum atomic E-state index is -0.112. The molecular weight excluding hydrogens is 342 g/mol. The SMILES string of the molecule is CN(C)CCn1ncc(Cl)c1C(=O)c1ccc(Br)cc1. The largest absolute Gasteiger partial charge is 0.308 e. The third kappa shape index (κ3) is 3.48. The number of hydrogen-bond donors (Lipinski definition) is 0. The van der Waals surface area contributed by atoms with Gasteiger partial charge >= 0.3 is 0 Å². The van der Waals surface area contributed by atoms with Gasteiger partial charge in [0.25, 0.3) is 0 Å². The van der Waals surface area contributed by atoms with Gasteiger partial charge in [-0.1, -0.05) is 27.5 Å². The van der Waals surface area contributed by atoms with E-state index >= 15 is 0 Å². The first kappa shape index (κ1) is 15.2. The van der Waals surface area contributed by atoms with E-state index in [1.807, 2.05) is 31.1 Å². The van der Waals surface area contributed by atoms with Crippen LogP contribution in [0.25, 0.3) is 0 Å². The molecule has 0 atom stereocenters. The predicted molar refractivity (Wildman–Crippen MR) is 83.4 cm³/mol. The van der Waals surface area contributed by atoms with Gasteiger partial charge in [0.2, 0.25) is 5.78 Å². The van der Waals surface area contributed by atoms with Gasteiger partial charge in [-0.3, -0.25) is 9.48 Å². The van der Waals surface area contributed by atoms with Gasteiger partial charge in [0.15, 0.2) is 0 Å². The maximum absolute atomic E-state index is 12.5. The van der Waals surface area contributed by atoms with E-state index in [0.717, 1.165) is 11.0 Å². The third-order valence-corrected chi connectivity index (χ3v) is 3.68. The predicted octanol–water partition coefficient (Wildman–Crippen LogP) is 3.09. The lowest BCUT2D eigenvalue weighted by Crippen LogP contribution is -2.21. The van der Waals surface area contributed by atoms with Crippen LogP contribution in [-0.4, -0.2) is 41.1 Å². The molecule has 0 saturated carbocycles. The highest BCUT2D eigenvalue weighted by molar-refractivity contribution is 9.10. The molecule has 1 aromatic heterocycles. The number of likely N-dealkylation sites (N-methyl/N-ethyl adjacent to an activating group) is 1. The average Bonchev–Trinajstić information content (AvgIpc) is 2.77. The highest BCUT2D eigenvalue weighted by atomic mass is 79.9. The van der Waals surface area contributed by atoms with E-state index in [-0.39, 0.29) is 5.78 Å². The second kappa shape index (κ2) is 6.52. The monoisotopic (exact) mass is 355 g/mol. The summed E-state index contributed by atoms with van der Waals surface area (Å²) in [6, 6.07) is 7.21. The van der Waals surface area contributed by atoms with Crippen molar-refractivity contribution in [1.82, 2.24) is 14.7 Å². The molecule has 0 unspecified atom stereocenters. The number of aromatic nitrogens is 2. The number of halogens is 2. The Balaban J connectivity index is 2.29. The van der Waals surface area contributed by atoms with Crippen LogP contribution in [0.2, 0.25) is 5.02 Å². The molecule has 0 aliphatic rings. The Kier molecular flexibility index (Phi) is 4.96. The summed E-state index contributed by atoms with van der Waals surface area (Å²) in [6.07, 6.45) is 1.52. The normalized spacial score (nSPS) is 11.1. The summed E-state index contributed by atoms with van der Waals surface area (Å²) >= 11 is 9.46. The Morgan fingerprint density at radius 2 is 2.00 bits per heavy atom. The minimum Gasteiger partial charge on any atom is -0.308 e. The lowest BCUT2D eigenvalue weighted by atomic mass is 10.1. The van der Waals surface area contributed by atoms with Crippen LogP contribution in [-0.2, 0) is 6.54 Å². The molecule has 0 radical (unpaired) electrons. The molecular formula is C14H15BrClN3O.